The molecular formula is C13H19N3O3S. The molecule has 0 aliphatic carbocycles. The lowest BCUT2D eigenvalue weighted by Gasteiger charge is -2.17. The van der Waals surface area contributed by atoms with Gasteiger partial charge in [0, 0.05) is 18.8 Å². The molecular weight excluding hydrogens is 278 g/mol. The number of sulfonamides is 1. The van der Waals surface area contributed by atoms with Crippen molar-refractivity contribution in [2.75, 3.05) is 18.8 Å². The minimum atomic E-state index is -3.61. The number of nitrogens with zero attached hydrogens (tertiary/aromatic N) is 1. The Morgan fingerprint density at radius 2 is 2.15 bits per heavy atom. The molecule has 1 atom stereocenters. The summed E-state index contributed by atoms with van der Waals surface area (Å²) < 4.78 is 26.2. The Kier molecular flexibility index (Phi) is 4.01. The standard InChI is InChI=1S/C13H19N3O3S/c1-2-9-3-4-11(7-12(9)14)20(18,19)16-6-5-10(8-16)13(15)17/h3-4,7,10H,2,5-6,8,14H2,1H3,(H2,15,17). The molecule has 4 N–H and O–H groups in total. The summed E-state index contributed by atoms with van der Waals surface area (Å²) in [6.07, 6.45) is 1.22. The Hall–Kier alpha value is -1.60. The van der Waals surface area contributed by atoms with Crippen molar-refractivity contribution in [1.29, 1.82) is 0 Å². The van der Waals surface area contributed by atoms with E-state index in [2.05, 4.69) is 0 Å². The van der Waals surface area contributed by atoms with Gasteiger partial charge in [-0.25, -0.2) is 8.42 Å². The highest BCUT2D eigenvalue weighted by Crippen LogP contribution is 2.26. The zero-order valence-corrected chi connectivity index (χ0v) is 12.2. The van der Waals surface area contributed by atoms with Crippen LogP contribution >= 0.6 is 0 Å². The molecule has 110 valence electrons. The SMILES string of the molecule is CCc1ccc(S(=O)(=O)N2CCC(C(N)=O)C2)cc1N. The molecule has 1 aliphatic rings. The van der Waals surface area contributed by atoms with E-state index >= 15 is 0 Å². The van der Waals surface area contributed by atoms with Gasteiger partial charge >= 0.3 is 0 Å². The minimum absolute atomic E-state index is 0.146. The Morgan fingerprint density at radius 1 is 1.45 bits per heavy atom. The maximum Gasteiger partial charge on any atom is 0.243 e. The number of aryl methyl sites for hydroxylation is 1. The van der Waals surface area contributed by atoms with Crippen molar-refractivity contribution in [3.05, 3.63) is 23.8 Å². The lowest BCUT2D eigenvalue weighted by molar-refractivity contribution is -0.121. The summed E-state index contributed by atoms with van der Waals surface area (Å²) in [4.78, 5) is 11.3. The predicted octanol–water partition coefficient (Wildman–Crippen LogP) is 0.327. The molecule has 1 aromatic rings. The molecule has 0 aromatic heterocycles. The number of nitrogens with two attached hydrogens (primary N) is 2. The van der Waals surface area contributed by atoms with Crippen molar-refractivity contribution in [1.82, 2.24) is 4.31 Å². The van der Waals surface area contributed by atoms with Gasteiger partial charge in [0.15, 0.2) is 0 Å². The van der Waals surface area contributed by atoms with Crippen molar-refractivity contribution >= 4 is 21.6 Å². The Bertz CT molecular complexity index is 628. The van der Waals surface area contributed by atoms with Gasteiger partial charge < -0.3 is 11.5 Å². The summed E-state index contributed by atoms with van der Waals surface area (Å²) in [5.41, 5.74) is 12.5. The number of amides is 1. The van der Waals surface area contributed by atoms with Crippen molar-refractivity contribution in [2.45, 2.75) is 24.7 Å². The minimum Gasteiger partial charge on any atom is -0.398 e. The third-order valence-electron chi connectivity index (χ3n) is 3.69. The monoisotopic (exact) mass is 297 g/mol. The van der Waals surface area contributed by atoms with Crippen molar-refractivity contribution in [2.24, 2.45) is 11.7 Å². The van der Waals surface area contributed by atoms with Gasteiger partial charge in [-0.3, -0.25) is 4.79 Å². The van der Waals surface area contributed by atoms with E-state index in [1.54, 1.807) is 12.1 Å². The molecule has 1 amide bonds. The lowest BCUT2D eigenvalue weighted by atomic mass is 10.1. The molecule has 2 rings (SSSR count). The molecule has 1 aromatic carbocycles. The van der Waals surface area contributed by atoms with Crippen LogP contribution in [-0.4, -0.2) is 31.7 Å². The normalized spacial score (nSPS) is 20.1. The number of nitrogen functional groups attached to an aromatic ring is 1. The van der Waals surface area contributed by atoms with E-state index in [9.17, 15) is 13.2 Å². The van der Waals surface area contributed by atoms with Gasteiger partial charge in [-0.2, -0.15) is 4.31 Å². The Labute approximate surface area is 118 Å². The first-order valence-corrected chi connectivity index (χ1v) is 7.98. The molecule has 1 fully saturated rings. The van der Waals surface area contributed by atoms with E-state index in [0.717, 1.165) is 12.0 Å². The molecule has 6 nitrogen and oxygen atoms in total. The van der Waals surface area contributed by atoms with Crippen LogP contribution < -0.4 is 11.5 Å². The van der Waals surface area contributed by atoms with Gasteiger partial charge in [0.05, 0.1) is 10.8 Å². The number of carbonyl (C=O) groups is 1. The van der Waals surface area contributed by atoms with Crippen LogP contribution in [-0.2, 0) is 21.2 Å². The number of hydrogen-bond donors (Lipinski definition) is 2. The summed E-state index contributed by atoms with van der Waals surface area (Å²) in [5, 5.41) is 0. The molecule has 0 spiro atoms. The molecule has 1 saturated heterocycles. The molecule has 7 heteroatoms. The third kappa shape index (κ3) is 2.64. The van der Waals surface area contributed by atoms with Crippen LogP contribution in [0, 0.1) is 5.92 Å². The first-order chi connectivity index (χ1) is 9.36. The van der Waals surface area contributed by atoms with E-state index in [1.807, 2.05) is 6.92 Å². The molecule has 0 radical (unpaired) electrons. The number of carbonyl (C=O) groups excluding carboxylic acids is 1. The van der Waals surface area contributed by atoms with Gasteiger partial charge in [-0.1, -0.05) is 13.0 Å². The molecule has 1 heterocycles. The topological polar surface area (TPSA) is 106 Å². The average molecular weight is 297 g/mol. The number of primary amides is 1. The third-order valence-corrected chi connectivity index (χ3v) is 5.55. The first kappa shape index (κ1) is 14.8. The second-order valence-electron chi connectivity index (χ2n) is 4.97. The van der Waals surface area contributed by atoms with E-state index in [-0.39, 0.29) is 11.4 Å². The van der Waals surface area contributed by atoms with Crippen molar-refractivity contribution < 1.29 is 13.2 Å². The molecule has 20 heavy (non-hydrogen) atoms. The summed E-state index contributed by atoms with van der Waals surface area (Å²) in [6, 6.07) is 4.76. The smallest absolute Gasteiger partial charge is 0.243 e. The van der Waals surface area contributed by atoms with Crippen molar-refractivity contribution in [3.8, 4) is 0 Å². The summed E-state index contributed by atoms with van der Waals surface area (Å²) in [7, 11) is -3.61. The van der Waals surface area contributed by atoms with Crippen LogP contribution in [0.1, 0.15) is 18.9 Å². The van der Waals surface area contributed by atoms with Gasteiger partial charge in [0.2, 0.25) is 15.9 Å². The average Bonchev–Trinajstić information content (AvgIpc) is 2.89. The van der Waals surface area contributed by atoms with Crippen molar-refractivity contribution in [3.63, 3.8) is 0 Å². The number of benzene rings is 1. The maximum absolute atomic E-state index is 12.5. The maximum atomic E-state index is 12.5. The highest BCUT2D eigenvalue weighted by molar-refractivity contribution is 7.89. The molecule has 1 aliphatic heterocycles. The predicted molar refractivity (Wildman–Crippen MR) is 76.3 cm³/mol. The van der Waals surface area contributed by atoms with E-state index in [0.29, 0.717) is 18.7 Å². The van der Waals surface area contributed by atoms with E-state index < -0.39 is 21.8 Å². The van der Waals surface area contributed by atoms with Gasteiger partial charge in [0.25, 0.3) is 0 Å². The fourth-order valence-corrected chi connectivity index (χ4v) is 3.92. The Balaban J connectivity index is 2.27. The van der Waals surface area contributed by atoms with Gasteiger partial charge in [0.1, 0.15) is 0 Å². The van der Waals surface area contributed by atoms with Crippen LogP contribution in [0.2, 0.25) is 0 Å². The zero-order valence-electron chi connectivity index (χ0n) is 11.4. The molecule has 0 bridgehead atoms. The summed E-state index contributed by atoms with van der Waals surface area (Å²) in [5.74, 6) is -0.861. The number of rotatable bonds is 4. The molecule has 1 unspecified atom stereocenters. The lowest BCUT2D eigenvalue weighted by Crippen LogP contribution is -2.31. The highest BCUT2D eigenvalue weighted by Gasteiger charge is 2.35. The number of hydrogen-bond acceptors (Lipinski definition) is 4. The zero-order chi connectivity index (χ0) is 14.9. The Morgan fingerprint density at radius 3 is 2.65 bits per heavy atom. The molecule has 0 saturated carbocycles. The second kappa shape index (κ2) is 5.41. The van der Waals surface area contributed by atoms with Gasteiger partial charge in [-0.15, -0.1) is 0 Å². The largest absolute Gasteiger partial charge is 0.398 e. The van der Waals surface area contributed by atoms with Crippen LogP contribution in [0.3, 0.4) is 0 Å². The second-order valence-corrected chi connectivity index (χ2v) is 6.90. The highest BCUT2D eigenvalue weighted by atomic mass is 32.2. The van der Waals surface area contributed by atoms with Crippen LogP contribution in [0.5, 0.6) is 0 Å². The fourth-order valence-electron chi connectivity index (χ4n) is 2.38. The van der Waals surface area contributed by atoms with E-state index in [4.69, 9.17) is 11.5 Å². The van der Waals surface area contributed by atoms with Crippen LogP contribution in [0.25, 0.3) is 0 Å². The van der Waals surface area contributed by atoms with E-state index in [1.165, 1.54) is 10.4 Å². The number of anilines is 1. The van der Waals surface area contributed by atoms with Crippen LogP contribution in [0.4, 0.5) is 5.69 Å². The summed E-state index contributed by atoms with van der Waals surface area (Å²) >= 11 is 0. The summed E-state index contributed by atoms with van der Waals surface area (Å²) in [6.45, 7) is 2.41. The van der Waals surface area contributed by atoms with Crippen LogP contribution in [0.15, 0.2) is 23.1 Å². The first-order valence-electron chi connectivity index (χ1n) is 6.54. The quantitative estimate of drug-likeness (QED) is 0.781. The fraction of sp³-hybridized carbons (Fsp3) is 0.462. The van der Waals surface area contributed by atoms with Gasteiger partial charge in [-0.05, 0) is 30.5 Å².